The van der Waals surface area contributed by atoms with Gasteiger partial charge in [0, 0.05) is 0 Å². The summed E-state index contributed by atoms with van der Waals surface area (Å²) >= 11 is 0. The van der Waals surface area contributed by atoms with Crippen molar-refractivity contribution in [2.24, 2.45) is 10.2 Å². The maximum atomic E-state index is 11.6. The molecular weight excluding hydrogens is 240 g/mol. The van der Waals surface area contributed by atoms with Crippen molar-refractivity contribution in [3.8, 4) is 0 Å². The number of hydrogen-bond acceptors (Lipinski definition) is 6. The Morgan fingerprint density at radius 2 is 1.39 bits per heavy atom. The number of nitrogens with zero attached hydrogens (tertiary/aromatic N) is 2. The predicted octanol–water partition coefficient (Wildman–Crippen LogP) is 0.329. The number of rotatable bonds is 6. The molecule has 18 heavy (non-hydrogen) atoms. The molecule has 1 heterocycles. The van der Waals surface area contributed by atoms with Crippen LogP contribution < -0.4 is 0 Å². The molecule has 0 saturated heterocycles. The van der Waals surface area contributed by atoms with E-state index in [-0.39, 0.29) is 0 Å². The normalized spacial score (nSPS) is 14.0. The highest BCUT2D eigenvalue weighted by molar-refractivity contribution is 6.28. The summed E-state index contributed by atoms with van der Waals surface area (Å²) < 4.78 is 0. The van der Waals surface area contributed by atoms with Gasteiger partial charge < -0.3 is 0 Å². The molecule has 0 aromatic heterocycles. The zero-order chi connectivity index (χ0) is 13.9. The smallest absolute Gasteiger partial charge is 0.300 e. The van der Waals surface area contributed by atoms with Gasteiger partial charge in [0.15, 0.2) is 11.6 Å². The van der Waals surface area contributed by atoms with Gasteiger partial charge in [-0.3, -0.25) is 24.0 Å². The summed E-state index contributed by atoms with van der Waals surface area (Å²) in [6, 6.07) is 0. The lowest BCUT2D eigenvalue weighted by Gasteiger charge is -1.99. The Kier molecular flexibility index (Phi) is 4.09. The highest BCUT2D eigenvalue weighted by Gasteiger charge is 2.32. The maximum Gasteiger partial charge on any atom is 0.301 e. The molecular formula is C11H10N2O5. The van der Waals surface area contributed by atoms with Gasteiger partial charge in [0.2, 0.25) is 0 Å². The molecule has 0 N–H and O–H groups in total. The number of allylic oxidation sites excluding steroid dienone is 1. The largest absolute Gasteiger partial charge is 0.301 e. The molecule has 94 valence electrons. The van der Waals surface area contributed by atoms with E-state index in [0.717, 1.165) is 0 Å². The number of ketones is 4. The first kappa shape index (κ1) is 13.8. The number of azo groups is 1. The molecule has 1 aliphatic rings. The molecule has 7 nitrogen and oxygen atoms in total. The maximum absolute atomic E-state index is 11.6. The molecule has 0 radical (unpaired) electrons. The van der Waals surface area contributed by atoms with Gasteiger partial charge in [-0.2, -0.15) is 0 Å². The number of amides is 1. The number of hydrogen-bond donors (Lipinski definition) is 0. The molecule has 0 spiro atoms. The lowest BCUT2D eigenvalue weighted by atomic mass is 10.0. The molecule has 1 rings (SSSR count). The molecule has 0 aromatic rings. The van der Waals surface area contributed by atoms with Crippen molar-refractivity contribution in [2.75, 3.05) is 0 Å². The Morgan fingerprint density at radius 1 is 0.889 bits per heavy atom. The third-order valence-corrected chi connectivity index (χ3v) is 2.05. The molecule has 0 atom stereocenters. The second kappa shape index (κ2) is 5.35. The van der Waals surface area contributed by atoms with Crippen molar-refractivity contribution in [1.82, 2.24) is 0 Å². The van der Waals surface area contributed by atoms with Crippen molar-refractivity contribution in [3.05, 3.63) is 11.3 Å². The molecule has 0 unspecified atom stereocenters. The summed E-state index contributed by atoms with van der Waals surface area (Å²) in [4.78, 5) is 56.1. The predicted molar refractivity (Wildman–Crippen MR) is 57.5 cm³/mol. The fourth-order valence-electron chi connectivity index (χ4n) is 1.37. The van der Waals surface area contributed by atoms with Crippen LogP contribution in [0.15, 0.2) is 21.5 Å². The zero-order valence-corrected chi connectivity index (χ0v) is 9.85. The lowest BCUT2D eigenvalue weighted by Crippen LogP contribution is -2.16. The fraction of sp³-hybridized carbons (Fsp3) is 0.364. The van der Waals surface area contributed by atoms with Crippen LogP contribution in [0.4, 0.5) is 0 Å². The Bertz CT molecular complexity index is 498. The minimum atomic E-state index is -0.951. The topological polar surface area (TPSA) is 110 Å². The molecule has 0 saturated carbocycles. The van der Waals surface area contributed by atoms with Gasteiger partial charge in [-0.25, -0.2) is 0 Å². The second-order valence-corrected chi connectivity index (χ2v) is 3.83. The molecule has 7 heteroatoms. The summed E-state index contributed by atoms with van der Waals surface area (Å²) in [6.45, 7) is 2.38. The van der Waals surface area contributed by atoms with Gasteiger partial charge >= 0.3 is 5.91 Å². The van der Waals surface area contributed by atoms with Crippen LogP contribution in [0, 0.1) is 0 Å². The molecule has 0 bridgehead atoms. The van der Waals surface area contributed by atoms with Gasteiger partial charge in [0.1, 0.15) is 22.8 Å². The van der Waals surface area contributed by atoms with Crippen LogP contribution in [0.5, 0.6) is 0 Å². The van der Waals surface area contributed by atoms with Crippen LogP contribution in [0.25, 0.3) is 0 Å². The SMILES string of the molecule is CC(=O)CC(=O)C1=C(C(=O)CC(C)=O)C(=O)N=N1. The van der Waals surface area contributed by atoms with E-state index < -0.39 is 53.2 Å². The van der Waals surface area contributed by atoms with E-state index in [0.29, 0.717) is 0 Å². The summed E-state index contributed by atoms with van der Waals surface area (Å²) in [5.41, 5.74) is -0.932. The Balaban J connectivity index is 3.06. The monoisotopic (exact) mass is 250 g/mol. The highest BCUT2D eigenvalue weighted by Crippen LogP contribution is 2.21. The highest BCUT2D eigenvalue weighted by atomic mass is 16.2. The van der Waals surface area contributed by atoms with Crippen LogP contribution in [0.2, 0.25) is 0 Å². The van der Waals surface area contributed by atoms with Crippen molar-refractivity contribution in [3.63, 3.8) is 0 Å². The average Bonchev–Trinajstić information content (AvgIpc) is 2.57. The molecule has 0 aromatic carbocycles. The lowest BCUT2D eigenvalue weighted by molar-refractivity contribution is -0.127. The Morgan fingerprint density at radius 3 is 1.89 bits per heavy atom. The van der Waals surface area contributed by atoms with Crippen LogP contribution in [-0.4, -0.2) is 29.0 Å². The van der Waals surface area contributed by atoms with E-state index in [4.69, 9.17) is 0 Å². The van der Waals surface area contributed by atoms with Crippen molar-refractivity contribution >= 4 is 29.0 Å². The van der Waals surface area contributed by atoms with Crippen molar-refractivity contribution in [1.29, 1.82) is 0 Å². The third-order valence-electron chi connectivity index (χ3n) is 2.05. The second-order valence-electron chi connectivity index (χ2n) is 3.83. The quantitative estimate of drug-likeness (QED) is 0.498. The first-order valence-electron chi connectivity index (χ1n) is 5.08. The van der Waals surface area contributed by atoms with Crippen LogP contribution in [0.1, 0.15) is 26.7 Å². The van der Waals surface area contributed by atoms with Crippen molar-refractivity contribution in [2.45, 2.75) is 26.7 Å². The molecule has 0 aliphatic carbocycles. The number of carbonyl (C=O) groups is 5. The first-order valence-corrected chi connectivity index (χ1v) is 5.08. The number of Topliss-reactive ketones (excluding diaryl/α,β-unsaturated/α-hetero) is 4. The minimum Gasteiger partial charge on any atom is -0.300 e. The van der Waals surface area contributed by atoms with E-state index in [9.17, 15) is 24.0 Å². The van der Waals surface area contributed by atoms with E-state index in [1.165, 1.54) is 13.8 Å². The van der Waals surface area contributed by atoms with Gasteiger partial charge in [0.25, 0.3) is 0 Å². The summed E-state index contributed by atoms with van der Waals surface area (Å²) in [5, 5.41) is 6.40. The fourth-order valence-corrected chi connectivity index (χ4v) is 1.37. The van der Waals surface area contributed by atoms with Crippen LogP contribution >= 0.6 is 0 Å². The third kappa shape index (κ3) is 3.09. The van der Waals surface area contributed by atoms with E-state index in [2.05, 4.69) is 10.2 Å². The minimum absolute atomic E-state index is 0.416. The van der Waals surface area contributed by atoms with E-state index in [1.54, 1.807) is 0 Å². The van der Waals surface area contributed by atoms with Gasteiger partial charge in [-0.15, -0.1) is 10.2 Å². The van der Waals surface area contributed by atoms with E-state index >= 15 is 0 Å². The van der Waals surface area contributed by atoms with Crippen molar-refractivity contribution < 1.29 is 24.0 Å². The van der Waals surface area contributed by atoms with Gasteiger partial charge in [-0.05, 0) is 13.8 Å². The summed E-state index contributed by atoms with van der Waals surface area (Å²) in [7, 11) is 0. The summed E-state index contributed by atoms with van der Waals surface area (Å²) in [5.74, 6) is -3.35. The summed E-state index contributed by atoms with van der Waals surface area (Å²) in [6.07, 6.45) is -0.957. The standard InChI is InChI=1S/C11H10N2O5/c1-5(14)3-7(16)9-10(12-13-11(9)18)8(17)4-6(2)15/h3-4H2,1-2H3. The average molecular weight is 250 g/mol. The molecule has 0 fully saturated rings. The Labute approximate surface area is 102 Å². The van der Waals surface area contributed by atoms with Crippen LogP contribution in [0.3, 0.4) is 0 Å². The van der Waals surface area contributed by atoms with Gasteiger partial charge in [0.05, 0.1) is 12.8 Å². The molecule has 1 amide bonds. The Hall–Kier alpha value is -2.31. The van der Waals surface area contributed by atoms with Crippen LogP contribution in [-0.2, 0) is 24.0 Å². The zero-order valence-electron chi connectivity index (χ0n) is 9.85. The number of carbonyl (C=O) groups excluding carboxylic acids is 5. The van der Waals surface area contributed by atoms with E-state index in [1.807, 2.05) is 0 Å². The first-order chi connectivity index (χ1) is 8.32. The van der Waals surface area contributed by atoms with Gasteiger partial charge in [-0.1, -0.05) is 0 Å². The molecule has 1 aliphatic heterocycles.